The molecule has 2 amide bonds. The number of nitrogens with one attached hydrogen (secondary N) is 2. The highest BCUT2D eigenvalue weighted by Crippen LogP contribution is 2.29. The van der Waals surface area contributed by atoms with Crippen LogP contribution in [0.3, 0.4) is 0 Å². The third-order valence-corrected chi connectivity index (χ3v) is 3.81. The van der Waals surface area contributed by atoms with Crippen LogP contribution >= 0.6 is 11.6 Å². The number of amides is 2. The van der Waals surface area contributed by atoms with Crippen molar-refractivity contribution in [2.24, 2.45) is 0 Å². The summed E-state index contributed by atoms with van der Waals surface area (Å²) < 4.78 is 10.8. The number of benzene rings is 2. The van der Waals surface area contributed by atoms with Gasteiger partial charge in [-0.1, -0.05) is 11.6 Å². The van der Waals surface area contributed by atoms with Crippen LogP contribution in [0.15, 0.2) is 36.4 Å². The van der Waals surface area contributed by atoms with Gasteiger partial charge in [0.05, 0.1) is 28.7 Å². The Labute approximate surface area is 165 Å². The van der Waals surface area contributed by atoms with Crippen molar-refractivity contribution < 1.29 is 24.0 Å². The molecule has 0 radical (unpaired) electrons. The third-order valence-electron chi connectivity index (χ3n) is 3.48. The normalized spacial score (nSPS) is 10.3. The Morgan fingerprint density at radius 1 is 1.07 bits per heavy atom. The van der Waals surface area contributed by atoms with Gasteiger partial charge in [0.15, 0.2) is 11.5 Å². The first kappa shape index (κ1) is 21.0. The van der Waals surface area contributed by atoms with E-state index in [-0.39, 0.29) is 27.9 Å². The third kappa shape index (κ3) is 5.10. The SMILES string of the molecule is COc1cc(C(=O)NNC(=O)c2cc([N+](=O)[O-])ccc2Cl)ccc1OC(C)C. The molecule has 148 valence electrons. The summed E-state index contributed by atoms with van der Waals surface area (Å²) in [5.74, 6) is -0.589. The highest BCUT2D eigenvalue weighted by Gasteiger charge is 2.17. The summed E-state index contributed by atoms with van der Waals surface area (Å²) in [6.45, 7) is 3.71. The van der Waals surface area contributed by atoms with Gasteiger partial charge in [-0.15, -0.1) is 0 Å². The van der Waals surface area contributed by atoms with Gasteiger partial charge >= 0.3 is 0 Å². The number of rotatable bonds is 6. The largest absolute Gasteiger partial charge is 0.493 e. The number of nitrogens with zero attached hydrogens (tertiary/aromatic N) is 1. The maximum Gasteiger partial charge on any atom is 0.271 e. The molecule has 2 aromatic rings. The zero-order valence-electron chi connectivity index (χ0n) is 15.3. The van der Waals surface area contributed by atoms with E-state index >= 15 is 0 Å². The topological polar surface area (TPSA) is 120 Å². The second-order valence-corrected chi connectivity index (χ2v) is 6.27. The number of carbonyl (C=O) groups excluding carboxylic acids is 2. The standard InChI is InChI=1S/C18H18ClN3O6/c1-10(2)28-15-7-4-11(8-16(15)27-3)17(23)20-21-18(24)13-9-12(22(25)26)5-6-14(13)19/h4-10H,1-3H3,(H,20,23)(H,21,24). The van der Waals surface area contributed by atoms with E-state index in [1.807, 2.05) is 13.8 Å². The van der Waals surface area contributed by atoms with Gasteiger partial charge in [-0.25, -0.2) is 0 Å². The molecule has 0 unspecified atom stereocenters. The lowest BCUT2D eigenvalue weighted by Gasteiger charge is -2.14. The van der Waals surface area contributed by atoms with Crippen LogP contribution in [0, 0.1) is 10.1 Å². The lowest BCUT2D eigenvalue weighted by molar-refractivity contribution is -0.384. The van der Waals surface area contributed by atoms with Gasteiger partial charge in [0.25, 0.3) is 17.5 Å². The number of nitro benzene ring substituents is 1. The molecule has 2 N–H and O–H groups in total. The highest BCUT2D eigenvalue weighted by molar-refractivity contribution is 6.34. The van der Waals surface area contributed by atoms with Gasteiger partial charge in [0, 0.05) is 17.7 Å². The van der Waals surface area contributed by atoms with Crippen LogP contribution in [0.25, 0.3) is 0 Å². The van der Waals surface area contributed by atoms with Gasteiger partial charge in [-0.2, -0.15) is 0 Å². The first-order valence-electron chi connectivity index (χ1n) is 8.12. The summed E-state index contributed by atoms with van der Waals surface area (Å²) in [5, 5.41) is 10.8. The average Bonchev–Trinajstić information content (AvgIpc) is 2.65. The molecule has 10 heteroatoms. The number of hydrazine groups is 1. The second kappa shape index (κ2) is 9.05. The smallest absolute Gasteiger partial charge is 0.271 e. The van der Waals surface area contributed by atoms with E-state index in [2.05, 4.69) is 10.9 Å². The summed E-state index contributed by atoms with van der Waals surface area (Å²) in [7, 11) is 1.44. The monoisotopic (exact) mass is 407 g/mol. The van der Waals surface area contributed by atoms with Gasteiger partial charge in [-0.3, -0.25) is 30.6 Å². The van der Waals surface area contributed by atoms with Gasteiger partial charge in [0.2, 0.25) is 0 Å². The molecule has 0 aromatic heterocycles. The van der Waals surface area contributed by atoms with E-state index in [1.54, 1.807) is 6.07 Å². The number of carbonyl (C=O) groups is 2. The summed E-state index contributed by atoms with van der Waals surface area (Å²) in [5.41, 5.74) is 4.16. The van der Waals surface area contributed by atoms with E-state index in [0.29, 0.717) is 11.5 Å². The Bertz CT molecular complexity index is 916. The fourth-order valence-electron chi connectivity index (χ4n) is 2.21. The summed E-state index contributed by atoms with van der Waals surface area (Å²) in [6.07, 6.45) is -0.0763. The van der Waals surface area contributed by atoms with Crippen molar-refractivity contribution in [2.75, 3.05) is 7.11 Å². The molecule has 2 rings (SSSR count). The molecule has 9 nitrogen and oxygen atoms in total. The number of ether oxygens (including phenoxy) is 2. The van der Waals surface area contributed by atoms with Crippen LogP contribution in [-0.4, -0.2) is 30.0 Å². The number of non-ortho nitro benzene ring substituents is 1. The fraction of sp³-hybridized carbons (Fsp3) is 0.222. The molecule has 0 aliphatic rings. The van der Waals surface area contributed by atoms with Crippen molar-refractivity contribution in [1.82, 2.24) is 10.9 Å². The van der Waals surface area contributed by atoms with Crippen molar-refractivity contribution in [3.8, 4) is 11.5 Å². The number of methoxy groups -OCH3 is 1. The first-order chi connectivity index (χ1) is 13.2. The molecule has 28 heavy (non-hydrogen) atoms. The Balaban J connectivity index is 2.11. The van der Waals surface area contributed by atoms with Crippen LogP contribution in [-0.2, 0) is 0 Å². The number of hydrogen-bond acceptors (Lipinski definition) is 6. The minimum absolute atomic E-state index is 0.00852. The molecule has 0 atom stereocenters. The van der Waals surface area contributed by atoms with E-state index in [1.165, 1.54) is 31.4 Å². The molecular weight excluding hydrogens is 390 g/mol. The fourth-order valence-corrected chi connectivity index (χ4v) is 2.42. The van der Waals surface area contributed by atoms with Gasteiger partial charge < -0.3 is 9.47 Å². The summed E-state index contributed by atoms with van der Waals surface area (Å²) in [4.78, 5) is 34.7. The quantitative estimate of drug-likeness (QED) is 0.560. The highest BCUT2D eigenvalue weighted by atomic mass is 35.5. The molecule has 0 spiro atoms. The Morgan fingerprint density at radius 3 is 2.36 bits per heavy atom. The predicted molar refractivity (Wildman–Crippen MR) is 102 cm³/mol. The van der Waals surface area contributed by atoms with Crippen LogP contribution in [0.4, 0.5) is 5.69 Å². The van der Waals surface area contributed by atoms with Crippen LogP contribution in [0.5, 0.6) is 11.5 Å². The molecule has 0 saturated heterocycles. The minimum atomic E-state index is -0.797. The Hall–Kier alpha value is -3.33. The zero-order chi connectivity index (χ0) is 20.8. The zero-order valence-corrected chi connectivity index (χ0v) is 16.1. The van der Waals surface area contributed by atoms with Gasteiger partial charge in [-0.05, 0) is 38.1 Å². The summed E-state index contributed by atoms with van der Waals surface area (Å²) >= 11 is 5.90. The molecule has 0 saturated carbocycles. The van der Waals surface area contributed by atoms with E-state index in [4.69, 9.17) is 21.1 Å². The van der Waals surface area contributed by atoms with Crippen LogP contribution in [0.1, 0.15) is 34.6 Å². The number of hydrogen-bond donors (Lipinski definition) is 2. The van der Waals surface area contributed by atoms with Crippen molar-refractivity contribution >= 4 is 29.1 Å². The maximum atomic E-state index is 12.3. The van der Waals surface area contributed by atoms with Crippen LogP contribution < -0.4 is 20.3 Å². The summed E-state index contributed by atoms with van der Waals surface area (Å²) in [6, 6.07) is 7.96. The lowest BCUT2D eigenvalue weighted by Crippen LogP contribution is -2.41. The van der Waals surface area contributed by atoms with Crippen molar-refractivity contribution in [3.05, 3.63) is 62.7 Å². The van der Waals surface area contributed by atoms with E-state index < -0.39 is 16.7 Å². The van der Waals surface area contributed by atoms with Crippen molar-refractivity contribution in [3.63, 3.8) is 0 Å². The molecule has 0 heterocycles. The van der Waals surface area contributed by atoms with E-state index in [0.717, 1.165) is 6.07 Å². The van der Waals surface area contributed by atoms with E-state index in [9.17, 15) is 19.7 Å². The molecule has 2 aromatic carbocycles. The maximum absolute atomic E-state index is 12.3. The molecule has 0 bridgehead atoms. The first-order valence-corrected chi connectivity index (χ1v) is 8.50. The second-order valence-electron chi connectivity index (χ2n) is 5.86. The van der Waals surface area contributed by atoms with Crippen molar-refractivity contribution in [2.45, 2.75) is 20.0 Å². The molecular formula is C18H18ClN3O6. The molecule has 0 fully saturated rings. The van der Waals surface area contributed by atoms with Gasteiger partial charge in [0.1, 0.15) is 0 Å². The van der Waals surface area contributed by atoms with Crippen LogP contribution in [0.2, 0.25) is 5.02 Å². The lowest BCUT2D eigenvalue weighted by atomic mass is 10.2. The average molecular weight is 408 g/mol. The Morgan fingerprint density at radius 2 is 1.75 bits per heavy atom. The molecule has 0 aliphatic heterocycles. The predicted octanol–water partition coefficient (Wildman–Crippen LogP) is 3.12. The molecule has 0 aliphatic carbocycles. The number of halogens is 1. The number of nitro groups is 1. The minimum Gasteiger partial charge on any atom is -0.493 e. The Kier molecular flexibility index (Phi) is 6.78. The van der Waals surface area contributed by atoms with Crippen molar-refractivity contribution in [1.29, 1.82) is 0 Å².